The van der Waals surface area contributed by atoms with E-state index in [1.807, 2.05) is 85.8 Å². The van der Waals surface area contributed by atoms with E-state index in [0.717, 1.165) is 38.9 Å². The number of ether oxygens (including phenoxy) is 1. The van der Waals surface area contributed by atoms with Crippen LogP contribution in [-0.4, -0.2) is 43.2 Å². The number of ketones is 1. The molecular formula is C43H42N2O4S. The van der Waals surface area contributed by atoms with E-state index >= 15 is 0 Å². The molecule has 50 heavy (non-hydrogen) atoms. The highest BCUT2D eigenvalue weighted by Crippen LogP contribution is 2.49. The van der Waals surface area contributed by atoms with E-state index in [0.29, 0.717) is 12.2 Å². The third kappa shape index (κ3) is 7.24. The molecule has 0 saturated carbocycles. The van der Waals surface area contributed by atoms with Crippen molar-refractivity contribution in [2.75, 3.05) is 19.4 Å². The summed E-state index contributed by atoms with van der Waals surface area (Å²) < 4.78 is 5.11. The summed E-state index contributed by atoms with van der Waals surface area (Å²) in [4.78, 5) is 40.3. The first-order valence-electron chi connectivity index (χ1n) is 17.1. The first-order chi connectivity index (χ1) is 24.5. The largest absolute Gasteiger partial charge is 0.449 e. The van der Waals surface area contributed by atoms with Crippen LogP contribution in [0.3, 0.4) is 0 Å². The predicted molar refractivity (Wildman–Crippen MR) is 201 cm³/mol. The van der Waals surface area contributed by atoms with Gasteiger partial charge < -0.3 is 15.4 Å². The Labute approximate surface area is 298 Å². The maximum absolute atomic E-state index is 13.8. The van der Waals surface area contributed by atoms with Crippen LogP contribution in [0.1, 0.15) is 53.5 Å². The van der Waals surface area contributed by atoms with E-state index in [9.17, 15) is 14.4 Å². The van der Waals surface area contributed by atoms with Crippen LogP contribution in [0, 0.1) is 5.92 Å². The van der Waals surface area contributed by atoms with Gasteiger partial charge in [-0.05, 0) is 45.4 Å². The molecule has 2 N–H and O–H groups in total. The molecule has 0 spiro atoms. The summed E-state index contributed by atoms with van der Waals surface area (Å²) in [7, 11) is 1.59. The zero-order valence-corrected chi connectivity index (χ0v) is 29.2. The molecule has 5 aromatic carbocycles. The molecule has 6 nitrogen and oxygen atoms in total. The highest BCUT2D eigenvalue weighted by atomic mass is 32.2. The molecule has 2 unspecified atom stereocenters. The van der Waals surface area contributed by atoms with Crippen molar-refractivity contribution in [2.24, 2.45) is 5.92 Å². The zero-order chi connectivity index (χ0) is 34.9. The summed E-state index contributed by atoms with van der Waals surface area (Å²) in [6.45, 7) is 2.00. The summed E-state index contributed by atoms with van der Waals surface area (Å²) in [5.41, 5.74) is 7.76. The number of hydrogen-bond acceptors (Lipinski definition) is 5. The molecule has 2 amide bonds. The van der Waals surface area contributed by atoms with Crippen LogP contribution in [0.4, 0.5) is 4.79 Å². The van der Waals surface area contributed by atoms with E-state index in [2.05, 4.69) is 71.3 Å². The van der Waals surface area contributed by atoms with Gasteiger partial charge in [-0.15, -0.1) is 11.8 Å². The van der Waals surface area contributed by atoms with Gasteiger partial charge in [0.1, 0.15) is 6.61 Å². The Hall–Kier alpha value is -5.14. The highest BCUT2D eigenvalue weighted by molar-refractivity contribution is 8.00. The van der Waals surface area contributed by atoms with Crippen LogP contribution in [0.2, 0.25) is 0 Å². The van der Waals surface area contributed by atoms with Gasteiger partial charge in [0.15, 0.2) is 5.78 Å². The fourth-order valence-electron chi connectivity index (χ4n) is 7.00. The maximum atomic E-state index is 13.8. The summed E-state index contributed by atoms with van der Waals surface area (Å²) in [5, 5.41) is 5.58. The quantitative estimate of drug-likeness (QED) is 0.115. The van der Waals surface area contributed by atoms with E-state index in [4.69, 9.17) is 4.74 Å². The number of rotatable bonds is 14. The van der Waals surface area contributed by atoms with Crippen LogP contribution < -0.4 is 10.6 Å². The number of Topliss-reactive ketones (excluding diaryl/α,β-unsaturated/α-hetero) is 1. The predicted octanol–water partition coefficient (Wildman–Crippen LogP) is 8.35. The lowest BCUT2D eigenvalue weighted by molar-refractivity contribution is -0.129. The molecule has 0 saturated heterocycles. The van der Waals surface area contributed by atoms with Gasteiger partial charge in [-0.3, -0.25) is 9.59 Å². The maximum Gasteiger partial charge on any atom is 0.407 e. The summed E-state index contributed by atoms with van der Waals surface area (Å²) in [5.74, 6) is -0.778. The first kappa shape index (κ1) is 34.7. The minimum Gasteiger partial charge on any atom is -0.449 e. The Bertz CT molecular complexity index is 1770. The number of thioether (sulfide) groups is 1. The average Bonchev–Trinajstić information content (AvgIpc) is 3.50. The number of amides is 2. The van der Waals surface area contributed by atoms with Crippen molar-refractivity contribution in [1.82, 2.24) is 10.6 Å². The Morgan fingerprint density at radius 2 is 1.16 bits per heavy atom. The molecule has 1 aliphatic carbocycles. The summed E-state index contributed by atoms with van der Waals surface area (Å²) in [6.07, 6.45) is -0.295. The number of hydrogen-bond donors (Lipinski definition) is 2. The van der Waals surface area contributed by atoms with Gasteiger partial charge in [-0.2, -0.15) is 0 Å². The van der Waals surface area contributed by atoms with E-state index in [1.54, 1.807) is 18.8 Å². The van der Waals surface area contributed by atoms with Gasteiger partial charge in [-0.25, -0.2) is 4.79 Å². The van der Waals surface area contributed by atoms with Gasteiger partial charge >= 0.3 is 6.09 Å². The van der Waals surface area contributed by atoms with Crippen molar-refractivity contribution in [3.63, 3.8) is 0 Å². The van der Waals surface area contributed by atoms with Crippen molar-refractivity contribution in [1.29, 1.82) is 0 Å². The van der Waals surface area contributed by atoms with Crippen molar-refractivity contribution in [2.45, 2.75) is 36.5 Å². The number of carbonyl (C=O) groups excluding carboxylic acids is 3. The number of nitrogens with one attached hydrogen (secondary N) is 2. The Morgan fingerprint density at radius 1 is 0.700 bits per heavy atom. The first-order valence-corrected chi connectivity index (χ1v) is 18.1. The topological polar surface area (TPSA) is 84.5 Å². The average molecular weight is 683 g/mol. The van der Waals surface area contributed by atoms with Crippen molar-refractivity contribution in [3.05, 3.63) is 167 Å². The molecule has 0 heterocycles. The van der Waals surface area contributed by atoms with Gasteiger partial charge in [0.2, 0.25) is 5.91 Å². The summed E-state index contributed by atoms with van der Waals surface area (Å²) >= 11 is 1.64. The Morgan fingerprint density at radius 3 is 1.62 bits per heavy atom. The fraction of sp³-hybridized carbons (Fsp3) is 0.233. The SMILES string of the molecule is CCC(NC(=O)OCC1c2ccccc2-c2ccccc21)C(=O)CC(CSC(c1ccccc1)(c1ccccc1)c1ccccc1)C(=O)NC. The van der Waals surface area contributed by atoms with Gasteiger partial charge in [0, 0.05) is 25.1 Å². The van der Waals surface area contributed by atoms with Gasteiger partial charge in [0.05, 0.1) is 16.7 Å². The highest BCUT2D eigenvalue weighted by Gasteiger charge is 2.39. The van der Waals surface area contributed by atoms with E-state index in [1.165, 1.54) is 0 Å². The molecule has 0 radical (unpaired) electrons. The van der Waals surface area contributed by atoms with E-state index in [-0.39, 0.29) is 30.6 Å². The van der Waals surface area contributed by atoms with Gasteiger partial charge in [0.25, 0.3) is 0 Å². The Balaban J connectivity index is 1.17. The molecule has 0 aromatic heterocycles. The number of alkyl carbamates (subject to hydrolysis) is 1. The lowest BCUT2D eigenvalue weighted by Crippen LogP contribution is -2.43. The number of benzene rings is 5. The Kier molecular flexibility index (Phi) is 11.1. The second-order valence-corrected chi connectivity index (χ2v) is 13.7. The molecule has 7 heteroatoms. The third-order valence-electron chi connectivity index (χ3n) is 9.54. The molecular weight excluding hydrogens is 641 g/mol. The van der Waals surface area contributed by atoms with Crippen molar-refractivity contribution >= 4 is 29.5 Å². The minimum absolute atomic E-state index is 0.0245. The smallest absolute Gasteiger partial charge is 0.407 e. The van der Waals surface area contributed by atoms with Crippen LogP contribution in [-0.2, 0) is 19.1 Å². The molecule has 0 bridgehead atoms. The second kappa shape index (κ2) is 16.0. The molecule has 2 atom stereocenters. The fourth-order valence-corrected chi connectivity index (χ4v) is 8.63. The van der Waals surface area contributed by atoms with Crippen LogP contribution in [0.15, 0.2) is 140 Å². The molecule has 254 valence electrons. The molecule has 1 aliphatic rings. The molecule has 0 aliphatic heterocycles. The van der Waals surface area contributed by atoms with Crippen LogP contribution >= 0.6 is 11.8 Å². The second-order valence-electron chi connectivity index (χ2n) is 12.5. The zero-order valence-electron chi connectivity index (χ0n) is 28.4. The normalized spacial score (nSPS) is 13.4. The molecule has 6 rings (SSSR count). The van der Waals surface area contributed by atoms with E-state index < -0.39 is 22.8 Å². The number of carbonyl (C=O) groups is 3. The van der Waals surface area contributed by atoms with Gasteiger partial charge in [-0.1, -0.05) is 146 Å². The molecule has 5 aromatic rings. The third-order valence-corrected chi connectivity index (χ3v) is 11.2. The molecule has 0 fully saturated rings. The lowest BCUT2D eigenvalue weighted by Gasteiger charge is -2.36. The van der Waals surface area contributed by atoms with Crippen LogP contribution in [0.25, 0.3) is 11.1 Å². The standard InChI is InChI=1S/C43H42N2O4S/c1-3-39(45-42(48)49-28-38-36-25-15-13-23-34(36)35-24-14-16-26-37(35)38)40(46)27-30(41(47)44-2)29-50-43(31-17-7-4-8-18-31,32-19-9-5-10-20-32)33-21-11-6-12-22-33/h4-26,30,38-39H,3,27-29H2,1-2H3,(H,44,47)(H,45,48). The lowest BCUT2D eigenvalue weighted by atomic mass is 9.84. The van der Waals surface area contributed by atoms with Crippen molar-refractivity contribution < 1.29 is 19.1 Å². The van der Waals surface area contributed by atoms with Crippen LogP contribution in [0.5, 0.6) is 0 Å². The van der Waals surface area contributed by atoms with Crippen molar-refractivity contribution in [3.8, 4) is 11.1 Å². The monoisotopic (exact) mass is 682 g/mol. The minimum atomic E-state index is -0.787. The number of fused-ring (bicyclic) bond motifs is 3. The summed E-state index contributed by atoms with van der Waals surface area (Å²) in [6, 6.07) is 46.3.